The number of hydrogen-bond donors (Lipinski definition) is 2. The van der Waals surface area contributed by atoms with Gasteiger partial charge in [0.25, 0.3) is 5.56 Å². The van der Waals surface area contributed by atoms with Gasteiger partial charge in [-0.1, -0.05) is 46.8 Å². The fourth-order valence-electron chi connectivity index (χ4n) is 7.89. The van der Waals surface area contributed by atoms with Crippen LogP contribution >= 0.6 is 0 Å². The third kappa shape index (κ3) is 6.15. The first kappa shape index (κ1) is 30.8. The minimum atomic E-state index is -0.253. The van der Waals surface area contributed by atoms with Crippen LogP contribution in [0.15, 0.2) is 52.3 Å². The van der Waals surface area contributed by atoms with Crippen LogP contribution in [0.2, 0.25) is 0 Å². The Bertz CT molecular complexity index is 1580. The lowest BCUT2D eigenvalue weighted by Crippen LogP contribution is -2.57. The van der Waals surface area contributed by atoms with Crippen LogP contribution < -0.4 is 16.2 Å². The van der Waals surface area contributed by atoms with Gasteiger partial charge >= 0.3 is 0 Å². The molecule has 0 unspecified atom stereocenters. The van der Waals surface area contributed by atoms with Gasteiger partial charge in [-0.15, -0.1) is 0 Å². The summed E-state index contributed by atoms with van der Waals surface area (Å²) in [6.45, 7) is 17.0. The number of fused-ring (bicyclic) bond motifs is 3. The average molecular weight is 601 g/mol. The van der Waals surface area contributed by atoms with E-state index in [1.54, 1.807) is 12.1 Å². The number of rotatable bonds is 7. The standard InChI is InChI=1S/C36H49FN6O/c1-22(2)17-33-40-32-20-28(11-12-29(32)34(44)43(33)15-13-25-7-9-27(37)10-8-25)39-35(42-16-14-38-23(3)21-42)41-31-19-26-18-30(24(31)4)36(26,5)6/h7-12,20,22-24,26,30-31,38H,13-19,21H2,1-6H3,(H,39,41)/t23-,24-,26+,30-,31-/m0/s1. The molecule has 1 saturated heterocycles. The molecule has 4 fully saturated rings. The number of piperazine rings is 1. The van der Waals surface area contributed by atoms with Crippen LogP contribution in [-0.4, -0.2) is 52.1 Å². The second kappa shape index (κ2) is 12.3. The van der Waals surface area contributed by atoms with Gasteiger partial charge in [-0.05, 0) is 91.2 Å². The number of aromatic nitrogens is 2. The molecule has 44 heavy (non-hydrogen) atoms. The lowest BCUT2D eigenvalue weighted by molar-refractivity contribution is -0.108. The summed E-state index contributed by atoms with van der Waals surface area (Å²) in [4.78, 5) is 26.7. The summed E-state index contributed by atoms with van der Waals surface area (Å²) in [6.07, 6.45) is 3.83. The second-order valence-corrected chi connectivity index (χ2v) is 14.6. The Kier molecular flexibility index (Phi) is 8.57. The van der Waals surface area contributed by atoms with Crippen molar-refractivity contribution in [3.63, 3.8) is 0 Å². The Morgan fingerprint density at radius 1 is 1.16 bits per heavy atom. The Morgan fingerprint density at radius 2 is 1.93 bits per heavy atom. The molecule has 3 saturated carbocycles. The van der Waals surface area contributed by atoms with Crippen molar-refractivity contribution in [3.8, 4) is 0 Å². The molecule has 2 aromatic carbocycles. The van der Waals surface area contributed by atoms with E-state index >= 15 is 0 Å². The average Bonchev–Trinajstić information content (AvgIpc) is 2.97. The third-order valence-corrected chi connectivity index (χ3v) is 10.7. The number of aryl methyl sites for hydroxylation is 1. The minimum Gasteiger partial charge on any atom is -0.340 e. The number of nitrogens with zero attached hydrogens (tertiary/aromatic N) is 4. The SMILES string of the molecule is CC(C)Cc1nc2cc(N/C(=N/[C@H]3C[C@H]4C[C@@H]([C@@H]3C)C4(C)C)N3CCN[C@@H](C)C3)ccc2c(=O)n1CCc1ccc(F)cc1. The molecule has 1 aliphatic heterocycles. The number of nitrogens with one attached hydrogen (secondary N) is 2. The zero-order chi connectivity index (χ0) is 31.2. The summed E-state index contributed by atoms with van der Waals surface area (Å²) in [5.74, 6) is 3.85. The summed E-state index contributed by atoms with van der Waals surface area (Å²) < 4.78 is 15.2. The molecule has 8 heteroatoms. The smallest absolute Gasteiger partial charge is 0.261 e. The van der Waals surface area contributed by atoms with E-state index in [4.69, 9.17) is 9.98 Å². The van der Waals surface area contributed by atoms with E-state index in [-0.39, 0.29) is 11.4 Å². The van der Waals surface area contributed by atoms with E-state index in [1.807, 2.05) is 22.8 Å². The van der Waals surface area contributed by atoms with Crippen LogP contribution in [0.3, 0.4) is 0 Å². The molecular formula is C36H49FN6O. The maximum Gasteiger partial charge on any atom is 0.261 e. The van der Waals surface area contributed by atoms with Crippen LogP contribution in [-0.2, 0) is 19.4 Å². The molecule has 5 atom stereocenters. The summed E-state index contributed by atoms with van der Waals surface area (Å²) in [7, 11) is 0. The first-order valence-electron chi connectivity index (χ1n) is 16.6. The van der Waals surface area contributed by atoms with Crippen LogP contribution in [0.25, 0.3) is 10.9 Å². The molecule has 2 bridgehead atoms. The van der Waals surface area contributed by atoms with Crippen LogP contribution in [0, 0.1) is 34.9 Å². The molecule has 236 valence electrons. The van der Waals surface area contributed by atoms with Crippen LogP contribution in [0.1, 0.15) is 65.8 Å². The fraction of sp³-hybridized carbons (Fsp3) is 0.583. The molecule has 1 aromatic heterocycles. The lowest BCUT2D eigenvalue weighted by Gasteiger charge is -2.61. The largest absolute Gasteiger partial charge is 0.340 e. The van der Waals surface area contributed by atoms with E-state index in [0.717, 1.165) is 60.9 Å². The Morgan fingerprint density at radius 3 is 2.61 bits per heavy atom. The highest BCUT2D eigenvalue weighted by Gasteiger charge is 2.56. The Hall–Kier alpha value is -3.26. The van der Waals surface area contributed by atoms with Crippen molar-refractivity contribution in [2.24, 2.45) is 34.1 Å². The summed E-state index contributed by atoms with van der Waals surface area (Å²) in [6, 6.07) is 13.1. The highest BCUT2D eigenvalue weighted by Crippen LogP contribution is 2.61. The number of hydrogen-bond acceptors (Lipinski definition) is 4. The van der Waals surface area contributed by atoms with Crippen molar-refractivity contribution < 1.29 is 4.39 Å². The van der Waals surface area contributed by atoms with Crippen LogP contribution in [0.4, 0.5) is 10.1 Å². The highest BCUT2D eigenvalue weighted by molar-refractivity contribution is 5.96. The lowest BCUT2D eigenvalue weighted by atomic mass is 9.45. The maximum absolute atomic E-state index is 13.8. The van der Waals surface area contributed by atoms with Gasteiger partial charge in [0.1, 0.15) is 11.6 Å². The zero-order valence-corrected chi connectivity index (χ0v) is 27.2. The summed E-state index contributed by atoms with van der Waals surface area (Å²) in [5, 5.41) is 7.87. The Balaban J connectivity index is 1.30. The van der Waals surface area contributed by atoms with Crippen molar-refractivity contribution in [2.45, 2.75) is 85.9 Å². The van der Waals surface area contributed by atoms with Crippen LogP contribution in [0.5, 0.6) is 0 Å². The van der Waals surface area contributed by atoms with Gasteiger partial charge in [-0.25, -0.2) is 14.4 Å². The minimum absolute atomic E-state index is 0.0259. The van der Waals surface area contributed by atoms with Gasteiger partial charge in [-0.2, -0.15) is 0 Å². The van der Waals surface area contributed by atoms with Gasteiger partial charge < -0.3 is 15.5 Å². The molecule has 7 rings (SSSR count). The molecule has 3 aliphatic carbocycles. The van der Waals surface area contributed by atoms with Crippen molar-refractivity contribution in [3.05, 3.63) is 70.0 Å². The van der Waals surface area contributed by atoms with Crippen molar-refractivity contribution in [1.29, 1.82) is 0 Å². The molecule has 4 aliphatic rings. The fourth-order valence-corrected chi connectivity index (χ4v) is 7.89. The molecule has 2 heterocycles. The van der Waals surface area contributed by atoms with Gasteiger partial charge in [0.2, 0.25) is 0 Å². The summed E-state index contributed by atoms with van der Waals surface area (Å²) >= 11 is 0. The number of aliphatic imine (C=N–C) groups is 1. The van der Waals surface area contributed by atoms with Crippen molar-refractivity contribution in [1.82, 2.24) is 19.8 Å². The van der Waals surface area contributed by atoms with Gasteiger partial charge in [0.05, 0.1) is 16.9 Å². The first-order valence-corrected chi connectivity index (χ1v) is 16.6. The highest BCUT2D eigenvalue weighted by atomic mass is 19.1. The Labute approximate surface area is 261 Å². The van der Waals surface area contributed by atoms with E-state index in [0.29, 0.717) is 59.6 Å². The maximum atomic E-state index is 13.8. The van der Waals surface area contributed by atoms with E-state index < -0.39 is 0 Å². The topological polar surface area (TPSA) is 74.6 Å². The predicted molar refractivity (Wildman–Crippen MR) is 178 cm³/mol. The molecule has 2 N–H and O–H groups in total. The molecule has 3 aromatic rings. The van der Waals surface area contributed by atoms with E-state index in [2.05, 4.69) is 57.1 Å². The number of benzene rings is 2. The van der Waals surface area contributed by atoms with Gasteiger partial charge in [-0.3, -0.25) is 9.36 Å². The monoisotopic (exact) mass is 600 g/mol. The third-order valence-electron chi connectivity index (χ3n) is 10.7. The van der Waals surface area contributed by atoms with Gasteiger partial charge in [0, 0.05) is 44.3 Å². The quantitative estimate of drug-likeness (QED) is 0.253. The second-order valence-electron chi connectivity index (χ2n) is 14.6. The molecule has 0 amide bonds. The predicted octanol–water partition coefficient (Wildman–Crippen LogP) is 6.11. The van der Waals surface area contributed by atoms with Crippen molar-refractivity contribution >= 4 is 22.5 Å². The first-order chi connectivity index (χ1) is 21.0. The van der Waals surface area contributed by atoms with Gasteiger partial charge in [0.15, 0.2) is 5.96 Å². The molecule has 7 nitrogen and oxygen atoms in total. The van der Waals surface area contributed by atoms with Crippen molar-refractivity contribution in [2.75, 3.05) is 25.0 Å². The van der Waals surface area contributed by atoms with E-state index in [9.17, 15) is 9.18 Å². The molecular weight excluding hydrogens is 551 g/mol. The molecule has 0 radical (unpaired) electrons. The molecule has 0 spiro atoms. The zero-order valence-electron chi connectivity index (χ0n) is 27.2. The normalized spacial score (nSPS) is 26.6. The number of anilines is 1. The number of guanidine groups is 1. The number of halogens is 1. The summed E-state index contributed by atoms with van der Waals surface area (Å²) in [5.41, 5.74) is 3.00. The van der Waals surface area contributed by atoms with E-state index in [1.165, 1.54) is 18.6 Å².